The largest absolute Gasteiger partial charge is 0.335 e. The Hall–Kier alpha value is -3.49. The number of urea groups is 1. The summed E-state index contributed by atoms with van der Waals surface area (Å²) in [7, 11) is 0. The summed E-state index contributed by atoms with van der Waals surface area (Å²) in [6, 6.07) is 19.0. The Bertz CT molecular complexity index is 1060. The van der Waals surface area contributed by atoms with Crippen LogP contribution in [0.4, 0.5) is 15.6 Å². The molecule has 1 aliphatic heterocycles. The van der Waals surface area contributed by atoms with Gasteiger partial charge in [-0.1, -0.05) is 60.7 Å². The number of rotatable bonds is 6. The van der Waals surface area contributed by atoms with Crippen LogP contribution in [-0.2, 0) is 0 Å². The minimum absolute atomic E-state index is 0.0998. The van der Waals surface area contributed by atoms with Crippen molar-refractivity contribution >= 4 is 40.2 Å². The van der Waals surface area contributed by atoms with Crippen LogP contribution >= 0.6 is 11.3 Å². The van der Waals surface area contributed by atoms with Gasteiger partial charge in [-0.3, -0.25) is 15.0 Å². The molecule has 0 unspecified atom stereocenters. The van der Waals surface area contributed by atoms with Crippen molar-refractivity contribution < 1.29 is 9.59 Å². The van der Waals surface area contributed by atoms with E-state index in [1.165, 1.54) is 16.9 Å². The molecule has 3 aromatic rings. The summed E-state index contributed by atoms with van der Waals surface area (Å²) in [6.45, 7) is 3.82. The number of piperazine rings is 1. The number of carbonyl (C=O) groups excluding carboxylic acids is 2. The SMILES string of the molecule is O=C(Nc1ccccc1)Nc1nc(C(=O)N2CCN(CC=Cc3ccccc3)CC2)cs1. The molecule has 1 saturated heterocycles. The lowest BCUT2D eigenvalue weighted by Gasteiger charge is -2.33. The predicted molar refractivity (Wildman–Crippen MR) is 129 cm³/mol. The topological polar surface area (TPSA) is 77.6 Å². The Morgan fingerprint density at radius 1 is 0.938 bits per heavy atom. The number of aromatic nitrogens is 1. The van der Waals surface area contributed by atoms with Gasteiger partial charge in [0, 0.05) is 43.8 Å². The van der Waals surface area contributed by atoms with Gasteiger partial charge in [-0.2, -0.15) is 0 Å². The first-order valence-electron chi connectivity index (χ1n) is 10.5. The predicted octanol–water partition coefficient (Wildman–Crippen LogP) is 4.26. The summed E-state index contributed by atoms with van der Waals surface area (Å²) in [4.78, 5) is 33.4. The number of nitrogens with zero attached hydrogens (tertiary/aromatic N) is 3. The monoisotopic (exact) mass is 447 g/mol. The van der Waals surface area contributed by atoms with Crippen LogP contribution in [0.15, 0.2) is 72.1 Å². The first-order chi connectivity index (χ1) is 15.7. The van der Waals surface area contributed by atoms with E-state index in [0.29, 0.717) is 29.6 Å². The summed E-state index contributed by atoms with van der Waals surface area (Å²) in [5, 5.41) is 7.50. The third-order valence-corrected chi connectivity index (χ3v) is 5.87. The van der Waals surface area contributed by atoms with Crippen molar-refractivity contribution in [3.63, 3.8) is 0 Å². The van der Waals surface area contributed by atoms with Crippen molar-refractivity contribution in [1.29, 1.82) is 0 Å². The van der Waals surface area contributed by atoms with E-state index in [1.54, 1.807) is 17.5 Å². The van der Waals surface area contributed by atoms with Crippen LogP contribution < -0.4 is 10.6 Å². The van der Waals surface area contributed by atoms with Gasteiger partial charge < -0.3 is 10.2 Å². The Morgan fingerprint density at radius 3 is 2.34 bits per heavy atom. The van der Waals surface area contributed by atoms with Gasteiger partial charge in [0.2, 0.25) is 0 Å². The molecule has 0 saturated carbocycles. The maximum absolute atomic E-state index is 12.8. The molecule has 164 valence electrons. The minimum Gasteiger partial charge on any atom is -0.335 e. The van der Waals surface area contributed by atoms with Gasteiger partial charge in [0.1, 0.15) is 5.69 Å². The summed E-state index contributed by atoms with van der Waals surface area (Å²) < 4.78 is 0. The Morgan fingerprint density at radius 2 is 1.62 bits per heavy atom. The summed E-state index contributed by atoms with van der Waals surface area (Å²) >= 11 is 1.24. The first-order valence-corrected chi connectivity index (χ1v) is 11.4. The van der Waals surface area contributed by atoms with Crippen LogP contribution in [-0.4, -0.2) is 59.4 Å². The Kier molecular flexibility index (Phi) is 7.27. The number of anilines is 2. The Balaban J connectivity index is 1.23. The highest BCUT2D eigenvalue weighted by Crippen LogP contribution is 2.18. The number of carbonyl (C=O) groups is 2. The second-order valence-corrected chi connectivity index (χ2v) is 8.25. The molecular weight excluding hydrogens is 422 g/mol. The van der Waals surface area contributed by atoms with Gasteiger partial charge in [0.25, 0.3) is 5.91 Å². The lowest BCUT2D eigenvalue weighted by molar-refractivity contribution is 0.0645. The van der Waals surface area contributed by atoms with E-state index in [9.17, 15) is 9.59 Å². The highest BCUT2D eigenvalue weighted by atomic mass is 32.1. The molecule has 2 N–H and O–H groups in total. The molecule has 0 aliphatic carbocycles. The second kappa shape index (κ2) is 10.7. The maximum Gasteiger partial charge on any atom is 0.325 e. The van der Waals surface area contributed by atoms with Gasteiger partial charge in [0.05, 0.1) is 0 Å². The molecule has 0 spiro atoms. The minimum atomic E-state index is -0.387. The van der Waals surface area contributed by atoms with Crippen LogP contribution in [0.1, 0.15) is 16.1 Å². The van der Waals surface area contributed by atoms with Gasteiger partial charge >= 0.3 is 6.03 Å². The van der Waals surface area contributed by atoms with Crippen LogP contribution in [0.5, 0.6) is 0 Å². The van der Waals surface area contributed by atoms with E-state index in [-0.39, 0.29) is 11.9 Å². The molecule has 2 heterocycles. The van der Waals surface area contributed by atoms with Crippen LogP contribution in [0.25, 0.3) is 6.08 Å². The van der Waals surface area contributed by atoms with Gasteiger partial charge in [-0.15, -0.1) is 11.3 Å². The molecule has 0 atom stereocenters. The van der Waals surface area contributed by atoms with E-state index < -0.39 is 0 Å². The van der Waals surface area contributed by atoms with Crippen LogP contribution in [0, 0.1) is 0 Å². The summed E-state index contributed by atoms with van der Waals surface area (Å²) in [6.07, 6.45) is 4.28. The molecule has 1 aliphatic rings. The van der Waals surface area contributed by atoms with Crippen molar-refractivity contribution in [2.24, 2.45) is 0 Å². The average Bonchev–Trinajstić information content (AvgIpc) is 3.29. The van der Waals surface area contributed by atoms with E-state index in [4.69, 9.17) is 0 Å². The number of nitrogens with one attached hydrogen (secondary N) is 2. The molecule has 32 heavy (non-hydrogen) atoms. The molecular formula is C24H25N5O2S. The molecule has 4 rings (SSSR count). The van der Waals surface area contributed by atoms with E-state index >= 15 is 0 Å². The highest BCUT2D eigenvalue weighted by molar-refractivity contribution is 7.14. The molecule has 0 bridgehead atoms. The fourth-order valence-electron chi connectivity index (χ4n) is 3.41. The molecule has 8 heteroatoms. The van der Waals surface area contributed by atoms with Crippen molar-refractivity contribution in [1.82, 2.24) is 14.8 Å². The highest BCUT2D eigenvalue weighted by Gasteiger charge is 2.23. The number of amides is 3. The van der Waals surface area contributed by atoms with Gasteiger partial charge in [-0.05, 0) is 17.7 Å². The molecule has 7 nitrogen and oxygen atoms in total. The van der Waals surface area contributed by atoms with Gasteiger partial charge in [-0.25, -0.2) is 9.78 Å². The smallest absolute Gasteiger partial charge is 0.325 e. The number of para-hydroxylation sites is 1. The van der Waals surface area contributed by atoms with E-state index in [2.05, 4.69) is 44.8 Å². The third-order valence-electron chi connectivity index (χ3n) is 5.11. The van der Waals surface area contributed by atoms with Crippen LogP contribution in [0.3, 0.4) is 0 Å². The fourth-order valence-corrected chi connectivity index (χ4v) is 4.09. The normalized spacial score (nSPS) is 14.4. The molecule has 2 aromatic carbocycles. The van der Waals surface area contributed by atoms with Crippen molar-refractivity contribution in [2.75, 3.05) is 43.4 Å². The summed E-state index contributed by atoms with van der Waals surface area (Å²) in [5.41, 5.74) is 2.24. The Labute approximate surface area is 191 Å². The lowest BCUT2D eigenvalue weighted by Crippen LogP contribution is -2.48. The van der Waals surface area contributed by atoms with Gasteiger partial charge in [0.15, 0.2) is 5.13 Å². The third kappa shape index (κ3) is 6.03. The number of hydrogen-bond acceptors (Lipinski definition) is 5. The van der Waals surface area contributed by atoms with Crippen molar-refractivity contribution in [2.45, 2.75) is 0 Å². The number of hydrogen-bond donors (Lipinski definition) is 2. The molecule has 1 fully saturated rings. The fraction of sp³-hybridized carbons (Fsp3) is 0.208. The number of thiazole rings is 1. The molecule has 1 aromatic heterocycles. The molecule has 3 amide bonds. The zero-order chi connectivity index (χ0) is 22.2. The zero-order valence-electron chi connectivity index (χ0n) is 17.6. The van der Waals surface area contributed by atoms with E-state index in [0.717, 1.165) is 19.6 Å². The summed E-state index contributed by atoms with van der Waals surface area (Å²) in [5.74, 6) is -0.0998. The molecule has 0 radical (unpaired) electrons. The first kappa shape index (κ1) is 21.7. The van der Waals surface area contributed by atoms with Crippen molar-refractivity contribution in [3.8, 4) is 0 Å². The lowest BCUT2D eigenvalue weighted by atomic mass is 10.2. The zero-order valence-corrected chi connectivity index (χ0v) is 18.4. The maximum atomic E-state index is 12.8. The quantitative estimate of drug-likeness (QED) is 0.592. The van der Waals surface area contributed by atoms with E-state index in [1.807, 2.05) is 41.3 Å². The second-order valence-electron chi connectivity index (χ2n) is 7.39. The number of benzene rings is 2. The van der Waals surface area contributed by atoms with Crippen molar-refractivity contribution in [3.05, 3.63) is 83.4 Å². The van der Waals surface area contributed by atoms with Crippen LogP contribution in [0.2, 0.25) is 0 Å². The average molecular weight is 448 g/mol. The standard InChI is InChI=1S/C24H25N5O2S/c30-22(21-18-32-24(26-21)27-23(31)25-20-11-5-2-6-12-20)29-16-14-28(15-17-29)13-7-10-19-8-3-1-4-9-19/h1-12,18H,13-17H2,(H2,25,26,27,31).